The highest BCUT2D eigenvalue weighted by atomic mass is 15.1. The lowest BCUT2D eigenvalue weighted by molar-refractivity contribution is -0.704. The molecule has 0 unspecified atom stereocenters. The first kappa shape index (κ1) is 32.6. The van der Waals surface area contributed by atoms with Crippen molar-refractivity contribution in [3.63, 3.8) is 0 Å². The third-order valence-electron chi connectivity index (χ3n) is 8.30. The number of nitrogens with zero attached hydrogens (tertiary/aromatic N) is 2. The molecule has 0 aliphatic rings. The number of aromatic nitrogens is 2. The second-order valence-electron chi connectivity index (χ2n) is 11.8. The molecular formula is C36H63N2+. The third kappa shape index (κ3) is 15.1. The van der Waals surface area contributed by atoms with Gasteiger partial charge in [-0.2, -0.15) is 4.57 Å². The predicted octanol–water partition coefficient (Wildman–Crippen LogP) is 11.3. The number of hydrogen-bond acceptors (Lipinski definition) is 0. The van der Waals surface area contributed by atoms with E-state index in [-0.39, 0.29) is 0 Å². The summed E-state index contributed by atoms with van der Waals surface area (Å²) < 4.78 is 5.00. The van der Waals surface area contributed by atoms with Gasteiger partial charge >= 0.3 is 0 Å². The van der Waals surface area contributed by atoms with E-state index in [0.717, 1.165) is 0 Å². The topological polar surface area (TPSA) is 8.81 Å². The number of para-hydroxylation sites is 1. The normalized spacial score (nSPS) is 11.4. The van der Waals surface area contributed by atoms with Gasteiger partial charge in [0, 0.05) is 6.42 Å². The van der Waals surface area contributed by atoms with Crippen molar-refractivity contribution in [2.75, 3.05) is 0 Å². The van der Waals surface area contributed by atoms with Gasteiger partial charge in [-0.25, -0.2) is 4.57 Å². The minimum Gasteiger partial charge on any atom is -0.234 e. The predicted molar refractivity (Wildman–Crippen MR) is 167 cm³/mol. The van der Waals surface area contributed by atoms with Crippen LogP contribution >= 0.6 is 0 Å². The number of imidazole rings is 1. The van der Waals surface area contributed by atoms with E-state index in [1.54, 1.807) is 0 Å². The molecule has 2 nitrogen and oxygen atoms in total. The molecule has 216 valence electrons. The van der Waals surface area contributed by atoms with E-state index < -0.39 is 0 Å². The second-order valence-corrected chi connectivity index (χ2v) is 11.8. The number of rotatable bonds is 26. The molecular weight excluding hydrogens is 460 g/mol. The Morgan fingerprint density at radius 2 is 0.921 bits per heavy atom. The molecule has 0 amide bonds. The Balaban J connectivity index is 1.64. The Bertz CT molecular complexity index is 763. The maximum absolute atomic E-state index is 2.56. The summed E-state index contributed by atoms with van der Waals surface area (Å²) in [6.45, 7) is 5.78. The van der Waals surface area contributed by atoms with Crippen molar-refractivity contribution >= 4 is 0 Å². The molecule has 0 bridgehead atoms. The Labute approximate surface area is 237 Å². The summed E-state index contributed by atoms with van der Waals surface area (Å²) in [5, 5.41) is 0. The van der Waals surface area contributed by atoms with Crippen molar-refractivity contribution in [3.8, 4) is 5.69 Å². The fraction of sp³-hybridized carbons (Fsp3) is 0.750. The van der Waals surface area contributed by atoms with Gasteiger partial charge < -0.3 is 0 Å². The first-order valence-electron chi connectivity index (χ1n) is 17.0. The lowest BCUT2D eigenvalue weighted by Crippen LogP contribution is -2.37. The zero-order valence-corrected chi connectivity index (χ0v) is 25.6. The average molecular weight is 524 g/mol. The van der Waals surface area contributed by atoms with Gasteiger partial charge in [0.2, 0.25) is 0 Å². The standard InChI is InChI=1S/C36H63N2/c1-3-5-7-9-11-13-15-17-19-21-23-28-32-37-33-34-38(35-29-25-24-26-30-35)36(37)31-27-22-20-18-16-14-12-10-8-6-4-2/h24-26,29-30,33-34H,3-23,27-28,31-32H2,1-2H3/q+1. The molecule has 0 aliphatic heterocycles. The number of benzene rings is 1. The smallest absolute Gasteiger partial charge is 0.234 e. The molecule has 0 aliphatic carbocycles. The average Bonchev–Trinajstić information content (AvgIpc) is 3.35. The van der Waals surface area contributed by atoms with Gasteiger partial charge in [0.25, 0.3) is 5.82 Å². The lowest BCUT2D eigenvalue weighted by atomic mass is 10.0. The van der Waals surface area contributed by atoms with Crippen LogP contribution in [0, 0.1) is 0 Å². The Kier molecular flexibility index (Phi) is 20.0. The van der Waals surface area contributed by atoms with Crippen LogP contribution in [-0.2, 0) is 13.0 Å². The van der Waals surface area contributed by atoms with Crippen LogP contribution in [-0.4, -0.2) is 4.57 Å². The van der Waals surface area contributed by atoms with Crippen LogP contribution in [0.25, 0.3) is 5.69 Å². The molecule has 38 heavy (non-hydrogen) atoms. The molecule has 0 N–H and O–H groups in total. The van der Waals surface area contributed by atoms with Crippen LogP contribution < -0.4 is 4.57 Å². The minimum absolute atomic E-state index is 1.17. The number of unbranched alkanes of at least 4 members (excludes halogenated alkanes) is 21. The molecule has 0 fully saturated rings. The van der Waals surface area contributed by atoms with E-state index >= 15 is 0 Å². The first-order valence-corrected chi connectivity index (χ1v) is 17.0. The van der Waals surface area contributed by atoms with E-state index in [4.69, 9.17) is 0 Å². The SMILES string of the molecule is CCCCCCCCCCCCCC[n+]1ccn(-c2ccccc2)c1CCCCCCCCCCCCC. The second kappa shape index (κ2) is 23.3. The Morgan fingerprint density at radius 3 is 1.39 bits per heavy atom. The molecule has 0 saturated heterocycles. The van der Waals surface area contributed by atoms with Gasteiger partial charge in [-0.1, -0.05) is 160 Å². The van der Waals surface area contributed by atoms with E-state index in [9.17, 15) is 0 Å². The highest BCUT2D eigenvalue weighted by Gasteiger charge is 2.18. The van der Waals surface area contributed by atoms with Gasteiger partial charge in [-0.15, -0.1) is 0 Å². The molecule has 0 spiro atoms. The van der Waals surface area contributed by atoms with Gasteiger partial charge in [0.05, 0.1) is 6.54 Å². The highest BCUT2D eigenvalue weighted by molar-refractivity contribution is 5.31. The van der Waals surface area contributed by atoms with Gasteiger partial charge in [-0.3, -0.25) is 0 Å². The van der Waals surface area contributed by atoms with Crippen molar-refractivity contribution in [1.29, 1.82) is 0 Å². The lowest BCUT2D eigenvalue weighted by Gasteiger charge is -2.07. The van der Waals surface area contributed by atoms with E-state index in [2.05, 4.69) is 65.7 Å². The van der Waals surface area contributed by atoms with Crippen LogP contribution in [0.5, 0.6) is 0 Å². The minimum atomic E-state index is 1.17. The molecule has 2 rings (SSSR count). The molecule has 1 heterocycles. The molecule has 0 radical (unpaired) electrons. The molecule has 0 saturated carbocycles. The van der Waals surface area contributed by atoms with Gasteiger partial charge in [0.15, 0.2) is 0 Å². The van der Waals surface area contributed by atoms with Crippen LogP contribution in [0.15, 0.2) is 42.7 Å². The zero-order chi connectivity index (χ0) is 26.9. The summed E-state index contributed by atoms with van der Waals surface area (Å²) in [4.78, 5) is 0. The van der Waals surface area contributed by atoms with E-state index in [1.807, 2.05) is 0 Å². The van der Waals surface area contributed by atoms with Crippen molar-refractivity contribution < 1.29 is 4.57 Å². The summed E-state index contributed by atoms with van der Waals surface area (Å²) in [5.74, 6) is 1.50. The van der Waals surface area contributed by atoms with Crippen LogP contribution in [0.2, 0.25) is 0 Å². The van der Waals surface area contributed by atoms with Gasteiger partial charge in [0.1, 0.15) is 18.1 Å². The fourth-order valence-electron chi connectivity index (χ4n) is 5.82. The maximum Gasteiger partial charge on any atom is 0.261 e. The molecule has 0 atom stereocenters. The molecule has 2 heteroatoms. The van der Waals surface area contributed by atoms with Crippen LogP contribution in [0.1, 0.15) is 167 Å². The van der Waals surface area contributed by atoms with Crippen molar-refractivity contribution in [2.24, 2.45) is 0 Å². The summed E-state index contributed by atoms with van der Waals surface area (Å²) in [6.07, 6.45) is 38.3. The van der Waals surface area contributed by atoms with Gasteiger partial charge in [-0.05, 0) is 31.4 Å². The number of hydrogen-bond donors (Lipinski definition) is 0. The molecule has 1 aromatic carbocycles. The summed E-state index contributed by atoms with van der Waals surface area (Å²) in [6, 6.07) is 10.9. The third-order valence-corrected chi connectivity index (χ3v) is 8.30. The Morgan fingerprint density at radius 1 is 0.500 bits per heavy atom. The first-order chi connectivity index (χ1) is 18.9. The van der Waals surface area contributed by atoms with Crippen molar-refractivity contribution in [3.05, 3.63) is 48.5 Å². The van der Waals surface area contributed by atoms with E-state index in [0.29, 0.717) is 0 Å². The molecule has 1 aromatic heterocycles. The highest BCUT2D eigenvalue weighted by Crippen LogP contribution is 2.16. The quantitative estimate of drug-likeness (QED) is 0.0856. The summed E-state index contributed by atoms with van der Waals surface area (Å²) in [7, 11) is 0. The largest absolute Gasteiger partial charge is 0.261 e. The van der Waals surface area contributed by atoms with E-state index in [1.165, 1.54) is 172 Å². The van der Waals surface area contributed by atoms with Crippen LogP contribution in [0.4, 0.5) is 0 Å². The number of aryl methyl sites for hydroxylation is 1. The molecule has 2 aromatic rings. The van der Waals surface area contributed by atoms with Crippen molar-refractivity contribution in [1.82, 2.24) is 4.57 Å². The van der Waals surface area contributed by atoms with Crippen LogP contribution in [0.3, 0.4) is 0 Å². The fourth-order valence-corrected chi connectivity index (χ4v) is 5.82. The Hall–Kier alpha value is -1.57. The summed E-state index contributed by atoms with van der Waals surface area (Å²) in [5.41, 5.74) is 1.30. The summed E-state index contributed by atoms with van der Waals surface area (Å²) >= 11 is 0. The maximum atomic E-state index is 2.56. The van der Waals surface area contributed by atoms with Crippen molar-refractivity contribution in [2.45, 2.75) is 174 Å². The zero-order valence-electron chi connectivity index (χ0n) is 25.6. The monoisotopic (exact) mass is 523 g/mol.